The minimum absolute atomic E-state index is 0.0132. The quantitative estimate of drug-likeness (QED) is 0.752. The smallest absolute Gasteiger partial charge is 0.255 e. The molecule has 3 nitrogen and oxygen atoms in total. The van der Waals surface area contributed by atoms with E-state index in [-0.39, 0.29) is 12.0 Å². The first-order valence-electron chi connectivity index (χ1n) is 5.34. The molecule has 0 aliphatic carbocycles. The highest BCUT2D eigenvalue weighted by Gasteiger charge is 2.23. The van der Waals surface area contributed by atoms with Crippen LogP contribution < -0.4 is 0 Å². The van der Waals surface area contributed by atoms with Gasteiger partial charge < -0.3 is 9.64 Å². The Morgan fingerprint density at radius 1 is 1.50 bits per heavy atom. The molecule has 1 aromatic rings. The highest BCUT2D eigenvalue weighted by atomic mass is 35.5. The van der Waals surface area contributed by atoms with Crippen molar-refractivity contribution < 1.29 is 9.53 Å². The maximum absolute atomic E-state index is 12.2. The lowest BCUT2D eigenvalue weighted by molar-refractivity contribution is -0.0124. The maximum atomic E-state index is 12.2. The fourth-order valence-electron chi connectivity index (χ4n) is 1.81. The third-order valence-electron chi connectivity index (χ3n) is 2.63. The van der Waals surface area contributed by atoms with Crippen molar-refractivity contribution in [3.8, 4) is 0 Å². The SMILES string of the molecule is C[C@@H]1CN(C(=O)c2ccccc2Cl)CCO1. The molecule has 0 radical (unpaired) electrons. The van der Waals surface area contributed by atoms with Crippen molar-refractivity contribution in [2.45, 2.75) is 13.0 Å². The molecule has 1 aliphatic heterocycles. The average molecular weight is 240 g/mol. The van der Waals surface area contributed by atoms with Gasteiger partial charge in [0.15, 0.2) is 0 Å². The Hall–Kier alpha value is -1.06. The number of rotatable bonds is 1. The van der Waals surface area contributed by atoms with Crippen LogP contribution in [0.4, 0.5) is 0 Å². The molecule has 16 heavy (non-hydrogen) atoms. The van der Waals surface area contributed by atoms with Gasteiger partial charge in [-0.15, -0.1) is 0 Å². The predicted octanol–water partition coefficient (Wildman–Crippen LogP) is 2.20. The minimum Gasteiger partial charge on any atom is -0.375 e. The number of morpholine rings is 1. The zero-order valence-corrected chi connectivity index (χ0v) is 9.91. The number of carbonyl (C=O) groups is 1. The third-order valence-corrected chi connectivity index (χ3v) is 2.96. The molecule has 1 aliphatic rings. The number of hydrogen-bond acceptors (Lipinski definition) is 2. The number of hydrogen-bond donors (Lipinski definition) is 0. The summed E-state index contributed by atoms with van der Waals surface area (Å²) in [5, 5.41) is 0.506. The largest absolute Gasteiger partial charge is 0.375 e. The van der Waals surface area contributed by atoms with Gasteiger partial charge in [0.05, 0.1) is 23.3 Å². The van der Waals surface area contributed by atoms with Crippen LogP contribution in [0.5, 0.6) is 0 Å². The Morgan fingerprint density at radius 2 is 2.25 bits per heavy atom. The summed E-state index contributed by atoms with van der Waals surface area (Å²) >= 11 is 6.00. The zero-order chi connectivity index (χ0) is 11.5. The number of carbonyl (C=O) groups excluding carboxylic acids is 1. The van der Waals surface area contributed by atoms with Gasteiger partial charge in [0.1, 0.15) is 0 Å². The Labute approximate surface area is 100.0 Å². The van der Waals surface area contributed by atoms with Crippen LogP contribution in [-0.2, 0) is 4.74 Å². The van der Waals surface area contributed by atoms with E-state index in [9.17, 15) is 4.79 Å². The molecule has 0 unspecified atom stereocenters. The fourth-order valence-corrected chi connectivity index (χ4v) is 2.02. The number of amides is 1. The molecular weight excluding hydrogens is 226 g/mol. The van der Waals surface area contributed by atoms with E-state index in [1.54, 1.807) is 17.0 Å². The second-order valence-electron chi connectivity index (χ2n) is 3.91. The van der Waals surface area contributed by atoms with E-state index >= 15 is 0 Å². The molecule has 1 atom stereocenters. The Balaban J connectivity index is 2.16. The highest BCUT2D eigenvalue weighted by molar-refractivity contribution is 6.33. The van der Waals surface area contributed by atoms with Gasteiger partial charge in [-0.1, -0.05) is 23.7 Å². The van der Waals surface area contributed by atoms with E-state index in [4.69, 9.17) is 16.3 Å². The van der Waals surface area contributed by atoms with Gasteiger partial charge in [-0.2, -0.15) is 0 Å². The Kier molecular flexibility index (Phi) is 3.46. The summed E-state index contributed by atoms with van der Waals surface area (Å²) in [6.07, 6.45) is 0.0974. The van der Waals surface area contributed by atoms with Gasteiger partial charge in [0.25, 0.3) is 5.91 Å². The van der Waals surface area contributed by atoms with Crippen LogP contribution in [0.2, 0.25) is 5.02 Å². The van der Waals surface area contributed by atoms with E-state index in [0.717, 1.165) is 0 Å². The van der Waals surface area contributed by atoms with Gasteiger partial charge in [-0.05, 0) is 19.1 Å². The predicted molar refractivity (Wildman–Crippen MR) is 62.8 cm³/mol. The molecule has 0 aromatic heterocycles. The monoisotopic (exact) mass is 239 g/mol. The highest BCUT2D eigenvalue weighted by Crippen LogP contribution is 2.18. The molecule has 0 saturated carbocycles. The van der Waals surface area contributed by atoms with E-state index < -0.39 is 0 Å². The fraction of sp³-hybridized carbons (Fsp3) is 0.417. The maximum Gasteiger partial charge on any atom is 0.255 e. The molecule has 86 valence electrons. The van der Waals surface area contributed by atoms with Crippen molar-refractivity contribution in [2.75, 3.05) is 19.7 Å². The lowest BCUT2D eigenvalue weighted by Gasteiger charge is -2.31. The van der Waals surface area contributed by atoms with Crippen LogP contribution in [0, 0.1) is 0 Å². The van der Waals surface area contributed by atoms with E-state index in [2.05, 4.69) is 0 Å². The molecule has 4 heteroatoms. The Bertz CT molecular complexity index is 394. The molecule has 0 N–H and O–H groups in total. The van der Waals surface area contributed by atoms with Gasteiger partial charge in [0.2, 0.25) is 0 Å². The summed E-state index contributed by atoms with van der Waals surface area (Å²) in [7, 11) is 0. The van der Waals surface area contributed by atoms with E-state index in [1.807, 2.05) is 19.1 Å². The van der Waals surface area contributed by atoms with E-state index in [0.29, 0.717) is 30.3 Å². The summed E-state index contributed by atoms with van der Waals surface area (Å²) in [4.78, 5) is 13.9. The van der Waals surface area contributed by atoms with E-state index in [1.165, 1.54) is 0 Å². The standard InChI is InChI=1S/C12H14ClNO2/c1-9-8-14(6-7-16-9)12(15)10-4-2-3-5-11(10)13/h2-5,9H,6-8H2,1H3/t9-/m1/s1. The van der Waals surface area contributed by atoms with Crippen molar-refractivity contribution >= 4 is 17.5 Å². The number of benzene rings is 1. The molecule has 1 amide bonds. The van der Waals surface area contributed by atoms with Gasteiger partial charge in [-0.3, -0.25) is 4.79 Å². The van der Waals surface area contributed by atoms with Gasteiger partial charge in [-0.25, -0.2) is 0 Å². The van der Waals surface area contributed by atoms with Crippen LogP contribution in [0.1, 0.15) is 17.3 Å². The minimum atomic E-state index is -0.0132. The molecular formula is C12H14ClNO2. The molecule has 0 bridgehead atoms. The molecule has 0 spiro atoms. The number of ether oxygens (including phenoxy) is 1. The molecule has 1 saturated heterocycles. The van der Waals surface area contributed by atoms with Crippen molar-refractivity contribution in [3.05, 3.63) is 34.9 Å². The summed E-state index contributed by atoms with van der Waals surface area (Å²) in [5.74, 6) is -0.0132. The molecule has 1 aromatic carbocycles. The molecule has 1 heterocycles. The number of nitrogens with zero attached hydrogens (tertiary/aromatic N) is 1. The van der Waals surface area contributed by atoms with Crippen molar-refractivity contribution in [1.29, 1.82) is 0 Å². The summed E-state index contributed by atoms with van der Waals surface area (Å²) in [6, 6.07) is 7.13. The first kappa shape index (κ1) is 11.4. The second-order valence-corrected chi connectivity index (χ2v) is 4.32. The average Bonchev–Trinajstić information content (AvgIpc) is 2.29. The first-order chi connectivity index (χ1) is 7.68. The second kappa shape index (κ2) is 4.85. The van der Waals surface area contributed by atoms with Crippen LogP contribution in [0.15, 0.2) is 24.3 Å². The molecule has 2 rings (SSSR count). The van der Waals surface area contributed by atoms with Crippen LogP contribution in [0.25, 0.3) is 0 Å². The van der Waals surface area contributed by atoms with Crippen molar-refractivity contribution in [2.24, 2.45) is 0 Å². The summed E-state index contributed by atoms with van der Waals surface area (Å²) < 4.78 is 5.40. The lowest BCUT2D eigenvalue weighted by Crippen LogP contribution is -2.44. The molecule has 1 fully saturated rings. The summed E-state index contributed by atoms with van der Waals surface area (Å²) in [6.45, 7) is 3.82. The van der Waals surface area contributed by atoms with Crippen molar-refractivity contribution in [3.63, 3.8) is 0 Å². The van der Waals surface area contributed by atoms with Gasteiger partial charge >= 0.3 is 0 Å². The summed E-state index contributed by atoms with van der Waals surface area (Å²) in [5.41, 5.74) is 0.568. The van der Waals surface area contributed by atoms with Gasteiger partial charge in [0, 0.05) is 13.1 Å². The van der Waals surface area contributed by atoms with Crippen molar-refractivity contribution in [1.82, 2.24) is 4.90 Å². The lowest BCUT2D eigenvalue weighted by atomic mass is 10.2. The third kappa shape index (κ3) is 2.36. The topological polar surface area (TPSA) is 29.5 Å². The zero-order valence-electron chi connectivity index (χ0n) is 9.15. The number of halogens is 1. The first-order valence-corrected chi connectivity index (χ1v) is 5.71. The Morgan fingerprint density at radius 3 is 2.94 bits per heavy atom. The van der Waals surface area contributed by atoms with Crippen LogP contribution >= 0.6 is 11.6 Å². The van der Waals surface area contributed by atoms with Crippen LogP contribution in [-0.4, -0.2) is 36.6 Å². The van der Waals surface area contributed by atoms with Crippen LogP contribution in [0.3, 0.4) is 0 Å². The normalized spacial score (nSPS) is 20.9.